The van der Waals surface area contributed by atoms with Crippen LogP contribution in [0.25, 0.3) is 10.1 Å². The Morgan fingerprint density at radius 3 is 2.74 bits per heavy atom. The zero-order valence-corrected chi connectivity index (χ0v) is 13.8. The molecule has 0 fully saturated rings. The molecule has 1 N–H and O–H groups in total. The summed E-state index contributed by atoms with van der Waals surface area (Å²) in [4.78, 5) is 0.711. The van der Waals surface area contributed by atoms with Crippen molar-refractivity contribution in [2.24, 2.45) is 0 Å². The molecule has 0 aliphatic rings. The molecule has 0 unspecified atom stereocenters. The van der Waals surface area contributed by atoms with Crippen molar-refractivity contribution in [1.82, 2.24) is 5.32 Å². The van der Waals surface area contributed by atoms with E-state index in [0.29, 0.717) is 4.88 Å². The zero-order chi connectivity index (χ0) is 16.1. The van der Waals surface area contributed by atoms with E-state index in [0.717, 1.165) is 34.4 Å². The molecule has 0 spiro atoms. The molecule has 1 aromatic heterocycles. The number of nitriles is 1. The van der Waals surface area contributed by atoms with Gasteiger partial charge in [-0.1, -0.05) is 42.5 Å². The van der Waals surface area contributed by atoms with Crippen LogP contribution < -0.4 is 10.1 Å². The number of hydrogen-bond donors (Lipinski definition) is 1. The normalized spacial score (nSPS) is 12.0. The van der Waals surface area contributed by atoms with E-state index >= 15 is 0 Å². The number of nitrogens with zero attached hydrogens (tertiary/aromatic N) is 1. The number of benzene rings is 2. The molecule has 116 valence electrons. The number of fused-ring (bicyclic) bond motifs is 1. The van der Waals surface area contributed by atoms with E-state index in [-0.39, 0.29) is 6.10 Å². The van der Waals surface area contributed by atoms with Crippen molar-refractivity contribution in [3.63, 3.8) is 0 Å². The van der Waals surface area contributed by atoms with Crippen LogP contribution in [0.1, 0.15) is 23.0 Å². The highest BCUT2D eigenvalue weighted by Crippen LogP contribution is 2.36. The molecule has 3 aromatic rings. The molecule has 1 atom stereocenters. The summed E-state index contributed by atoms with van der Waals surface area (Å²) in [5.74, 6) is 0.846. The predicted octanol–water partition coefficient (Wildman–Crippen LogP) is 4.50. The van der Waals surface area contributed by atoms with Crippen LogP contribution in [0.15, 0.2) is 54.6 Å². The maximum atomic E-state index is 9.12. The second-order valence-electron chi connectivity index (χ2n) is 5.31. The van der Waals surface area contributed by atoms with Gasteiger partial charge in [-0.15, -0.1) is 11.3 Å². The standard InChI is InChI=1S/C19H18N2OS/c1-21-11-10-17(14-6-3-2-4-7-14)22-18-9-5-8-15-12-16(13-20)23-19(15)18/h2-9,12,17,21H,10-11H2,1H3/t17-/m1/s1. The molecule has 4 heteroatoms. The molecular weight excluding hydrogens is 304 g/mol. The molecule has 0 amide bonds. The predicted molar refractivity (Wildman–Crippen MR) is 94.9 cm³/mol. The molecule has 2 aromatic carbocycles. The second-order valence-corrected chi connectivity index (χ2v) is 6.36. The maximum Gasteiger partial charge on any atom is 0.138 e. The third-order valence-corrected chi connectivity index (χ3v) is 4.79. The van der Waals surface area contributed by atoms with Gasteiger partial charge < -0.3 is 10.1 Å². The minimum absolute atomic E-state index is 0.0121. The first-order chi connectivity index (χ1) is 11.3. The first-order valence-corrected chi connectivity index (χ1v) is 8.42. The van der Waals surface area contributed by atoms with Crippen molar-refractivity contribution in [1.29, 1.82) is 5.26 Å². The summed E-state index contributed by atoms with van der Waals surface area (Å²) >= 11 is 1.48. The average molecular weight is 322 g/mol. The Hall–Kier alpha value is -2.35. The van der Waals surface area contributed by atoms with Gasteiger partial charge in [0.05, 0.1) is 4.70 Å². The Kier molecular flexibility index (Phi) is 4.92. The molecule has 23 heavy (non-hydrogen) atoms. The highest BCUT2D eigenvalue weighted by atomic mass is 32.1. The molecule has 0 aliphatic carbocycles. The van der Waals surface area contributed by atoms with Crippen LogP contribution in [0.2, 0.25) is 0 Å². The van der Waals surface area contributed by atoms with Crippen molar-refractivity contribution in [3.8, 4) is 11.8 Å². The van der Waals surface area contributed by atoms with Crippen LogP contribution in [-0.2, 0) is 0 Å². The van der Waals surface area contributed by atoms with Crippen LogP contribution in [0.5, 0.6) is 5.75 Å². The third-order valence-electron chi connectivity index (χ3n) is 3.72. The fourth-order valence-electron chi connectivity index (χ4n) is 2.57. The first kappa shape index (κ1) is 15.5. The minimum Gasteiger partial charge on any atom is -0.484 e. The molecule has 0 saturated heterocycles. The number of rotatable bonds is 6. The Labute approximate surface area is 140 Å². The zero-order valence-electron chi connectivity index (χ0n) is 13.0. The van der Waals surface area contributed by atoms with Crippen molar-refractivity contribution in [3.05, 3.63) is 65.0 Å². The SMILES string of the molecule is CNCC[C@@H](Oc1cccc2cc(C#N)sc12)c1ccccc1. The van der Waals surface area contributed by atoms with Gasteiger partial charge in [-0.05, 0) is 36.7 Å². The molecule has 0 radical (unpaired) electrons. The van der Waals surface area contributed by atoms with E-state index in [4.69, 9.17) is 10.00 Å². The lowest BCUT2D eigenvalue weighted by atomic mass is 10.1. The van der Waals surface area contributed by atoms with Gasteiger partial charge in [-0.3, -0.25) is 0 Å². The van der Waals surface area contributed by atoms with Gasteiger partial charge in [0, 0.05) is 6.42 Å². The summed E-state index contributed by atoms with van der Waals surface area (Å²) in [5, 5.41) is 13.4. The number of hydrogen-bond acceptors (Lipinski definition) is 4. The Morgan fingerprint density at radius 2 is 2.00 bits per heavy atom. The summed E-state index contributed by atoms with van der Waals surface area (Å²) in [6.07, 6.45) is 0.870. The number of nitrogens with one attached hydrogen (secondary N) is 1. The van der Waals surface area contributed by atoms with E-state index in [1.807, 2.05) is 49.5 Å². The highest BCUT2D eigenvalue weighted by Gasteiger charge is 2.15. The fourth-order valence-corrected chi connectivity index (χ4v) is 3.49. The van der Waals surface area contributed by atoms with Gasteiger partial charge in [0.15, 0.2) is 0 Å². The molecule has 0 bridgehead atoms. The lowest BCUT2D eigenvalue weighted by molar-refractivity contribution is 0.198. The smallest absolute Gasteiger partial charge is 0.138 e. The van der Waals surface area contributed by atoms with Gasteiger partial charge in [0.1, 0.15) is 22.8 Å². The van der Waals surface area contributed by atoms with Gasteiger partial charge in [-0.2, -0.15) is 5.26 Å². The van der Waals surface area contributed by atoms with E-state index in [2.05, 4.69) is 23.5 Å². The largest absolute Gasteiger partial charge is 0.484 e. The highest BCUT2D eigenvalue weighted by molar-refractivity contribution is 7.19. The van der Waals surface area contributed by atoms with E-state index < -0.39 is 0 Å². The second kappa shape index (κ2) is 7.28. The Balaban J connectivity index is 1.93. The van der Waals surface area contributed by atoms with E-state index in [9.17, 15) is 0 Å². The molecule has 0 aliphatic heterocycles. The van der Waals surface area contributed by atoms with Gasteiger partial charge in [0.25, 0.3) is 0 Å². The lowest BCUT2D eigenvalue weighted by Crippen LogP contribution is -2.16. The monoisotopic (exact) mass is 322 g/mol. The van der Waals surface area contributed by atoms with E-state index in [1.54, 1.807) is 0 Å². The van der Waals surface area contributed by atoms with Crippen molar-refractivity contribution < 1.29 is 4.74 Å². The van der Waals surface area contributed by atoms with Gasteiger partial charge in [-0.25, -0.2) is 0 Å². The van der Waals surface area contributed by atoms with Crippen LogP contribution in [0, 0.1) is 11.3 Å². The molecule has 3 nitrogen and oxygen atoms in total. The summed E-state index contributed by atoms with van der Waals surface area (Å²) < 4.78 is 7.37. The Morgan fingerprint density at radius 1 is 1.17 bits per heavy atom. The quantitative estimate of drug-likeness (QED) is 0.726. The maximum absolute atomic E-state index is 9.12. The number of thiophene rings is 1. The molecule has 1 heterocycles. The van der Waals surface area contributed by atoms with Gasteiger partial charge >= 0.3 is 0 Å². The van der Waals surface area contributed by atoms with Crippen molar-refractivity contribution in [2.75, 3.05) is 13.6 Å². The van der Waals surface area contributed by atoms with Crippen LogP contribution in [0.3, 0.4) is 0 Å². The summed E-state index contributed by atoms with van der Waals surface area (Å²) in [7, 11) is 1.95. The summed E-state index contributed by atoms with van der Waals surface area (Å²) in [6, 6.07) is 20.4. The minimum atomic E-state index is -0.0121. The summed E-state index contributed by atoms with van der Waals surface area (Å²) in [6.45, 7) is 0.878. The lowest BCUT2D eigenvalue weighted by Gasteiger charge is -2.20. The summed E-state index contributed by atoms with van der Waals surface area (Å²) in [5.41, 5.74) is 1.16. The fraction of sp³-hybridized carbons (Fsp3) is 0.211. The topological polar surface area (TPSA) is 45.0 Å². The number of ether oxygens (including phenoxy) is 1. The third kappa shape index (κ3) is 3.53. The van der Waals surface area contributed by atoms with Crippen LogP contribution in [-0.4, -0.2) is 13.6 Å². The first-order valence-electron chi connectivity index (χ1n) is 7.60. The van der Waals surface area contributed by atoms with E-state index in [1.165, 1.54) is 11.3 Å². The van der Waals surface area contributed by atoms with Gasteiger partial charge in [0.2, 0.25) is 0 Å². The van der Waals surface area contributed by atoms with Crippen molar-refractivity contribution >= 4 is 21.4 Å². The Bertz CT molecular complexity index is 820. The van der Waals surface area contributed by atoms with Crippen LogP contribution in [0.4, 0.5) is 0 Å². The average Bonchev–Trinajstić information content (AvgIpc) is 3.03. The van der Waals surface area contributed by atoms with Crippen molar-refractivity contribution in [2.45, 2.75) is 12.5 Å². The van der Waals surface area contributed by atoms with Crippen LogP contribution >= 0.6 is 11.3 Å². The molecule has 0 saturated carbocycles. The molecular formula is C19H18N2OS. The molecule has 3 rings (SSSR count).